The van der Waals surface area contributed by atoms with Crippen LogP contribution in [0.5, 0.6) is 0 Å². The second kappa shape index (κ2) is 10.2. The Hall–Kier alpha value is -3.20. The second-order valence-electron chi connectivity index (χ2n) is 7.62. The molecule has 0 radical (unpaired) electrons. The lowest BCUT2D eigenvalue weighted by atomic mass is 10.1. The van der Waals surface area contributed by atoms with Gasteiger partial charge >= 0.3 is 5.97 Å². The van der Waals surface area contributed by atoms with Crippen LogP contribution in [0.2, 0.25) is 0 Å². The van der Waals surface area contributed by atoms with Crippen molar-refractivity contribution in [3.63, 3.8) is 0 Å². The zero-order chi connectivity index (χ0) is 22.4. The van der Waals surface area contributed by atoms with Crippen LogP contribution in [-0.2, 0) is 27.8 Å². The lowest BCUT2D eigenvalue weighted by molar-refractivity contribution is -0.132. The Labute approximate surface area is 182 Å². The van der Waals surface area contributed by atoms with Crippen LogP contribution in [0.3, 0.4) is 0 Å². The lowest BCUT2D eigenvalue weighted by Gasteiger charge is -2.34. The average Bonchev–Trinajstić information content (AvgIpc) is 3.10. The molecule has 1 aromatic heterocycles. The number of rotatable bonds is 7. The highest BCUT2D eigenvalue weighted by Crippen LogP contribution is 2.16. The molecule has 0 spiro atoms. The summed E-state index contributed by atoms with van der Waals surface area (Å²) in [6.45, 7) is 6.55. The summed E-state index contributed by atoms with van der Waals surface area (Å²) >= 11 is 0. The van der Waals surface area contributed by atoms with Gasteiger partial charge in [0.05, 0.1) is 25.8 Å². The smallest absolute Gasteiger partial charge is 0.343 e. The molecule has 2 amide bonds. The lowest BCUT2D eigenvalue weighted by Crippen LogP contribution is -2.50. The SMILES string of the molecule is CCOC(=O)c1cnn(C)c1NC(=O)CN1CCN(C(=O)Cc2ccc(C)cc2)CC1. The van der Waals surface area contributed by atoms with Crippen molar-refractivity contribution in [2.24, 2.45) is 7.05 Å². The number of aryl methyl sites for hydroxylation is 2. The molecule has 0 saturated carbocycles. The van der Waals surface area contributed by atoms with E-state index in [1.54, 1.807) is 14.0 Å². The Morgan fingerprint density at radius 3 is 2.42 bits per heavy atom. The number of carbonyl (C=O) groups is 3. The number of ether oxygens (including phenoxy) is 1. The standard InChI is InChI=1S/C22H29N5O4/c1-4-31-22(30)18-14-23-25(3)21(18)24-19(28)15-26-9-11-27(12-10-26)20(29)13-17-7-5-16(2)6-8-17/h5-8,14H,4,9-13,15H2,1-3H3,(H,24,28). The largest absolute Gasteiger partial charge is 0.462 e. The topological polar surface area (TPSA) is 96.8 Å². The highest BCUT2D eigenvalue weighted by atomic mass is 16.5. The maximum atomic E-state index is 12.6. The van der Waals surface area contributed by atoms with E-state index < -0.39 is 5.97 Å². The third-order valence-electron chi connectivity index (χ3n) is 5.26. The zero-order valence-electron chi connectivity index (χ0n) is 18.3. The number of anilines is 1. The van der Waals surface area contributed by atoms with Crippen molar-refractivity contribution >= 4 is 23.6 Å². The van der Waals surface area contributed by atoms with E-state index in [-0.39, 0.29) is 30.5 Å². The van der Waals surface area contributed by atoms with Gasteiger partial charge < -0.3 is 15.0 Å². The molecule has 1 aliphatic rings. The third kappa shape index (κ3) is 5.91. The third-order valence-corrected chi connectivity index (χ3v) is 5.26. The van der Waals surface area contributed by atoms with Gasteiger partial charge in [0.1, 0.15) is 11.4 Å². The minimum atomic E-state index is -0.522. The van der Waals surface area contributed by atoms with Crippen molar-refractivity contribution < 1.29 is 19.1 Å². The Balaban J connectivity index is 1.48. The van der Waals surface area contributed by atoms with Gasteiger partial charge in [-0.05, 0) is 19.4 Å². The molecule has 166 valence electrons. The van der Waals surface area contributed by atoms with Crippen molar-refractivity contribution in [1.29, 1.82) is 0 Å². The van der Waals surface area contributed by atoms with Gasteiger partial charge in [0.25, 0.3) is 0 Å². The van der Waals surface area contributed by atoms with Gasteiger partial charge in [-0.3, -0.25) is 19.2 Å². The predicted octanol–water partition coefficient (Wildman–Crippen LogP) is 1.23. The molecular weight excluding hydrogens is 398 g/mol. The summed E-state index contributed by atoms with van der Waals surface area (Å²) in [6.07, 6.45) is 1.77. The van der Waals surface area contributed by atoms with E-state index in [9.17, 15) is 14.4 Å². The van der Waals surface area contributed by atoms with E-state index in [1.807, 2.05) is 41.0 Å². The zero-order valence-corrected chi connectivity index (χ0v) is 18.3. The first-order valence-corrected chi connectivity index (χ1v) is 10.4. The van der Waals surface area contributed by atoms with Gasteiger partial charge in [-0.25, -0.2) is 4.79 Å². The molecule has 1 aliphatic heterocycles. The molecule has 1 saturated heterocycles. The Morgan fingerprint density at radius 1 is 1.10 bits per heavy atom. The van der Waals surface area contributed by atoms with Gasteiger partial charge in [-0.1, -0.05) is 29.8 Å². The average molecular weight is 428 g/mol. The van der Waals surface area contributed by atoms with Crippen molar-refractivity contribution in [3.8, 4) is 0 Å². The monoisotopic (exact) mass is 427 g/mol. The number of amides is 2. The maximum Gasteiger partial charge on any atom is 0.343 e. The Kier molecular flexibility index (Phi) is 7.41. The molecule has 0 bridgehead atoms. The summed E-state index contributed by atoms with van der Waals surface area (Å²) in [7, 11) is 1.65. The van der Waals surface area contributed by atoms with Crippen LogP contribution in [0.4, 0.5) is 5.82 Å². The number of aromatic nitrogens is 2. The molecular formula is C22H29N5O4. The molecule has 0 atom stereocenters. The van der Waals surface area contributed by atoms with Crippen LogP contribution < -0.4 is 5.32 Å². The maximum absolute atomic E-state index is 12.6. The summed E-state index contributed by atoms with van der Waals surface area (Å²) in [6, 6.07) is 7.98. The highest BCUT2D eigenvalue weighted by molar-refractivity contribution is 6.00. The van der Waals surface area contributed by atoms with Crippen molar-refractivity contribution in [3.05, 3.63) is 47.2 Å². The summed E-state index contributed by atoms with van der Waals surface area (Å²) < 4.78 is 6.44. The molecule has 1 aromatic carbocycles. The fraction of sp³-hybridized carbons (Fsp3) is 0.455. The molecule has 2 heterocycles. The number of piperazine rings is 1. The first-order chi connectivity index (χ1) is 14.9. The summed E-state index contributed by atoms with van der Waals surface area (Å²) in [5.41, 5.74) is 2.40. The van der Waals surface area contributed by atoms with E-state index in [0.717, 1.165) is 5.56 Å². The number of carbonyl (C=O) groups excluding carboxylic acids is 3. The minimum absolute atomic E-state index is 0.0990. The number of hydrogen-bond donors (Lipinski definition) is 1. The van der Waals surface area contributed by atoms with E-state index >= 15 is 0 Å². The summed E-state index contributed by atoms with van der Waals surface area (Å²) in [5.74, 6) is -0.350. The molecule has 9 heteroatoms. The van der Waals surface area contributed by atoms with E-state index in [1.165, 1.54) is 16.4 Å². The van der Waals surface area contributed by atoms with Crippen LogP contribution in [0.1, 0.15) is 28.4 Å². The van der Waals surface area contributed by atoms with Crippen LogP contribution in [0.15, 0.2) is 30.5 Å². The van der Waals surface area contributed by atoms with E-state index in [2.05, 4.69) is 10.4 Å². The fourth-order valence-corrected chi connectivity index (χ4v) is 3.47. The second-order valence-corrected chi connectivity index (χ2v) is 7.62. The Bertz CT molecular complexity index is 930. The number of nitrogens with zero attached hydrogens (tertiary/aromatic N) is 4. The van der Waals surface area contributed by atoms with Crippen molar-refractivity contribution in [2.75, 3.05) is 44.6 Å². The Morgan fingerprint density at radius 2 is 1.77 bits per heavy atom. The van der Waals surface area contributed by atoms with Gasteiger partial charge in [-0.15, -0.1) is 0 Å². The van der Waals surface area contributed by atoms with Crippen molar-refractivity contribution in [1.82, 2.24) is 19.6 Å². The number of hydrogen-bond acceptors (Lipinski definition) is 6. The molecule has 1 fully saturated rings. The van der Waals surface area contributed by atoms with Crippen LogP contribution in [0.25, 0.3) is 0 Å². The van der Waals surface area contributed by atoms with Crippen LogP contribution in [0, 0.1) is 6.92 Å². The molecule has 1 N–H and O–H groups in total. The molecule has 9 nitrogen and oxygen atoms in total. The fourth-order valence-electron chi connectivity index (χ4n) is 3.47. The molecule has 0 unspecified atom stereocenters. The number of esters is 1. The van der Waals surface area contributed by atoms with Crippen molar-refractivity contribution in [2.45, 2.75) is 20.3 Å². The quantitative estimate of drug-likeness (QED) is 0.668. The highest BCUT2D eigenvalue weighted by Gasteiger charge is 2.24. The van der Waals surface area contributed by atoms with Gasteiger partial charge in [0.2, 0.25) is 11.8 Å². The first-order valence-electron chi connectivity index (χ1n) is 10.4. The molecule has 2 aromatic rings. The molecule has 0 aliphatic carbocycles. The van der Waals surface area contributed by atoms with Gasteiger partial charge in [0.15, 0.2) is 0 Å². The van der Waals surface area contributed by atoms with E-state index in [4.69, 9.17) is 4.74 Å². The van der Waals surface area contributed by atoms with Crippen LogP contribution >= 0.6 is 0 Å². The first kappa shape index (κ1) is 22.5. The summed E-state index contributed by atoms with van der Waals surface area (Å²) in [5, 5.41) is 6.79. The van der Waals surface area contributed by atoms with Crippen LogP contribution in [-0.4, -0.2) is 76.7 Å². The number of nitrogens with one attached hydrogen (secondary N) is 1. The van der Waals surface area contributed by atoms with Gasteiger partial charge in [0, 0.05) is 33.2 Å². The predicted molar refractivity (Wildman–Crippen MR) is 116 cm³/mol. The molecule has 3 rings (SSSR count). The van der Waals surface area contributed by atoms with Gasteiger partial charge in [-0.2, -0.15) is 5.10 Å². The minimum Gasteiger partial charge on any atom is -0.462 e. The summed E-state index contributed by atoms with van der Waals surface area (Å²) in [4.78, 5) is 40.9. The van der Waals surface area contributed by atoms with E-state index in [0.29, 0.717) is 38.4 Å². The number of benzene rings is 1. The molecule has 31 heavy (non-hydrogen) atoms. The normalized spacial score (nSPS) is 14.4.